The maximum atomic E-state index is 6.16. The fraction of sp³-hybridized carbons (Fsp3) is 0.455. The van der Waals surface area contributed by atoms with Crippen LogP contribution in [-0.2, 0) is 0 Å². The summed E-state index contributed by atoms with van der Waals surface area (Å²) in [6.45, 7) is 5.16. The van der Waals surface area contributed by atoms with Crippen molar-refractivity contribution in [2.75, 3.05) is 24.5 Å². The highest BCUT2D eigenvalue weighted by Gasteiger charge is 2.17. The van der Waals surface area contributed by atoms with Gasteiger partial charge in [0.25, 0.3) is 0 Å². The quantitative estimate of drug-likeness (QED) is 0.818. The van der Waals surface area contributed by atoms with E-state index in [1.807, 2.05) is 12.1 Å². The summed E-state index contributed by atoms with van der Waals surface area (Å²) in [4.78, 5) is 2.29. The SMILES string of the molecule is C[C@@H]1CN(c2ccc(Cl)cc2Cl)CCN1. The molecule has 0 aliphatic carbocycles. The summed E-state index contributed by atoms with van der Waals surface area (Å²) in [5.41, 5.74) is 1.08. The molecule has 82 valence electrons. The van der Waals surface area contributed by atoms with E-state index in [1.54, 1.807) is 6.07 Å². The molecule has 1 aromatic rings. The number of anilines is 1. The first-order valence-electron chi connectivity index (χ1n) is 5.10. The van der Waals surface area contributed by atoms with Gasteiger partial charge in [-0.1, -0.05) is 23.2 Å². The highest BCUT2D eigenvalue weighted by molar-refractivity contribution is 6.36. The lowest BCUT2D eigenvalue weighted by Crippen LogP contribution is -2.49. The Morgan fingerprint density at radius 3 is 2.87 bits per heavy atom. The summed E-state index contributed by atoms with van der Waals surface area (Å²) in [5, 5.41) is 4.82. The van der Waals surface area contributed by atoms with Gasteiger partial charge in [-0.25, -0.2) is 0 Å². The molecular formula is C11H14Cl2N2. The van der Waals surface area contributed by atoms with Crippen LogP contribution in [0.5, 0.6) is 0 Å². The van der Waals surface area contributed by atoms with Crippen LogP contribution in [0, 0.1) is 0 Å². The fourth-order valence-corrected chi connectivity index (χ4v) is 2.42. The normalized spacial score (nSPS) is 21.8. The van der Waals surface area contributed by atoms with Crippen molar-refractivity contribution in [3.05, 3.63) is 28.2 Å². The molecule has 0 aromatic heterocycles. The first kappa shape index (κ1) is 11.1. The molecule has 1 aliphatic rings. The van der Waals surface area contributed by atoms with E-state index in [9.17, 15) is 0 Å². The molecule has 0 spiro atoms. The molecule has 1 saturated heterocycles. The van der Waals surface area contributed by atoms with Gasteiger partial charge in [-0.2, -0.15) is 0 Å². The Bertz CT molecular complexity index is 354. The second-order valence-corrected chi connectivity index (χ2v) is 4.74. The largest absolute Gasteiger partial charge is 0.368 e. The Morgan fingerprint density at radius 2 is 2.20 bits per heavy atom. The van der Waals surface area contributed by atoms with Gasteiger partial charge in [0, 0.05) is 30.7 Å². The van der Waals surface area contributed by atoms with Gasteiger partial charge in [0.1, 0.15) is 0 Å². The van der Waals surface area contributed by atoms with E-state index in [1.165, 1.54) is 0 Å². The first-order valence-corrected chi connectivity index (χ1v) is 5.86. The molecule has 1 aliphatic heterocycles. The van der Waals surface area contributed by atoms with Gasteiger partial charge in [0.15, 0.2) is 0 Å². The van der Waals surface area contributed by atoms with Crippen molar-refractivity contribution in [1.82, 2.24) is 5.32 Å². The number of halogens is 2. The number of nitrogens with zero attached hydrogens (tertiary/aromatic N) is 1. The maximum absolute atomic E-state index is 6.16. The van der Waals surface area contributed by atoms with Gasteiger partial charge in [-0.05, 0) is 25.1 Å². The topological polar surface area (TPSA) is 15.3 Å². The van der Waals surface area contributed by atoms with Gasteiger partial charge in [-0.3, -0.25) is 0 Å². The zero-order valence-electron chi connectivity index (χ0n) is 8.63. The van der Waals surface area contributed by atoms with Gasteiger partial charge >= 0.3 is 0 Å². The molecule has 1 N–H and O–H groups in total. The molecule has 0 radical (unpaired) electrons. The summed E-state index contributed by atoms with van der Waals surface area (Å²) in [5.74, 6) is 0. The molecule has 2 nitrogen and oxygen atoms in total. The van der Waals surface area contributed by atoms with E-state index in [4.69, 9.17) is 23.2 Å². The Kier molecular flexibility index (Phi) is 3.39. The second kappa shape index (κ2) is 4.60. The lowest BCUT2D eigenvalue weighted by Gasteiger charge is -2.34. The smallest absolute Gasteiger partial charge is 0.0654 e. The Labute approximate surface area is 100 Å². The predicted octanol–water partition coefficient (Wildman–Crippen LogP) is 2.79. The van der Waals surface area contributed by atoms with Crippen molar-refractivity contribution in [3.63, 3.8) is 0 Å². The molecule has 2 rings (SSSR count). The summed E-state index contributed by atoms with van der Waals surface area (Å²) in [6.07, 6.45) is 0. The van der Waals surface area contributed by atoms with Crippen molar-refractivity contribution in [3.8, 4) is 0 Å². The van der Waals surface area contributed by atoms with Gasteiger partial charge in [0.2, 0.25) is 0 Å². The highest BCUT2D eigenvalue weighted by Crippen LogP contribution is 2.29. The Morgan fingerprint density at radius 1 is 1.40 bits per heavy atom. The third-order valence-corrected chi connectivity index (χ3v) is 3.16. The molecular weight excluding hydrogens is 231 g/mol. The molecule has 0 unspecified atom stereocenters. The van der Waals surface area contributed by atoms with E-state index < -0.39 is 0 Å². The van der Waals surface area contributed by atoms with Crippen molar-refractivity contribution in [2.24, 2.45) is 0 Å². The average molecular weight is 245 g/mol. The predicted molar refractivity (Wildman–Crippen MR) is 66.1 cm³/mol. The number of rotatable bonds is 1. The number of nitrogens with one attached hydrogen (secondary N) is 1. The zero-order valence-corrected chi connectivity index (χ0v) is 10.1. The van der Waals surface area contributed by atoms with Crippen molar-refractivity contribution in [2.45, 2.75) is 13.0 Å². The third kappa shape index (κ3) is 2.57. The monoisotopic (exact) mass is 244 g/mol. The minimum Gasteiger partial charge on any atom is -0.368 e. The lowest BCUT2D eigenvalue weighted by molar-refractivity contribution is 0.485. The third-order valence-electron chi connectivity index (χ3n) is 2.62. The van der Waals surface area contributed by atoms with Crippen molar-refractivity contribution >= 4 is 28.9 Å². The molecule has 1 heterocycles. The number of hydrogen-bond donors (Lipinski definition) is 1. The first-order chi connectivity index (χ1) is 7.16. The number of piperazine rings is 1. The summed E-state index contributed by atoms with van der Waals surface area (Å²) >= 11 is 12.0. The van der Waals surface area contributed by atoms with Gasteiger partial charge < -0.3 is 10.2 Å². The maximum Gasteiger partial charge on any atom is 0.0654 e. The fourth-order valence-electron chi connectivity index (χ4n) is 1.89. The van der Waals surface area contributed by atoms with Crippen molar-refractivity contribution in [1.29, 1.82) is 0 Å². The van der Waals surface area contributed by atoms with Crippen LogP contribution in [0.3, 0.4) is 0 Å². The summed E-state index contributed by atoms with van der Waals surface area (Å²) in [6, 6.07) is 6.18. The van der Waals surface area contributed by atoms with Crippen LogP contribution in [0.25, 0.3) is 0 Å². The van der Waals surface area contributed by atoms with Crippen LogP contribution in [0.4, 0.5) is 5.69 Å². The molecule has 4 heteroatoms. The summed E-state index contributed by atoms with van der Waals surface area (Å²) < 4.78 is 0. The van der Waals surface area contributed by atoms with E-state index in [0.717, 1.165) is 30.3 Å². The molecule has 0 amide bonds. The van der Waals surface area contributed by atoms with E-state index in [2.05, 4.69) is 17.1 Å². The zero-order chi connectivity index (χ0) is 10.8. The molecule has 0 saturated carbocycles. The highest BCUT2D eigenvalue weighted by atomic mass is 35.5. The second-order valence-electron chi connectivity index (χ2n) is 3.90. The Balaban J connectivity index is 2.21. The minimum atomic E-state index is 0.505. The molecule has 1 fully saturated rings. The van der Waals surface area contributed by atoms with Gasteiger partial charge in [-0.15, -0.1) is 0 Å². The van der Waals surface area contributed by atoms with E-state index in [-0.39, 0.29) is 0 Å². The van der Waals surface area contributed by atoms with Crippen LogP contribution >= 0.6 is 23.2 Å². The molecule has 15 heavy (non-hydrogen) atoms. The molecule has 1 aromatic carbocycles. The molecule has 1 atom stereocenters. The average Bonchev–Trinajstić information content (AvgIpc) is 2.17. The standard InChI is InChI=1S/C11H14Cl2N2/c1-8-7-15(5-4-14-8)11-3-2-9(12)6-10(11)13/h2-3,6,8,14H,4-5,7H2,1H3/t8-/m1/s1. The van der Waals surface area contributed by atoms with Crippen LogP contribution < -0.4 is 10.2 Å². The van der Waals surface area contributed by atoms with Crippen molar-refractivity contribution < 1.29 is 0 Å². The minimum absolute atomic E-state index is 0.505. The van der Waals surface area contributed by atoms with Gasteiger partial charge in [0.05, 0.1) is 10.7 Å². The van der Waals surface area contributed by atoms with Crippen LogP contribution in [0.1, 0.15) is 6.92 Å². The number of hydrogen-bond acceptors (Lipinski definition) is 2. The van der Waals surface area contributed by atoms with Crippen LogP contribution in [0.2, 0.25) is 10.0 Å². The van der Waals surface area contributed by atoms with Crippen LogP contribution in [0.15, 0.2) is 18.2 Å². The van der Waals surface area contributed by atoms with E-state index >= 15 is 0 Å². The van der Waals surface area contributed by atoms with E-state index in [0.29, 0.717) is 11.1 Å². The Hall–Kier alpha value is -0.440. The molecule has 0 bridgehead atoms. The van der Waals surface area contributed by atoms with Crippen LogP contribution in [-0.4, -0.2) is 25.7 Å². The summed E-state index contributed by atoms with van der Waals surface area (Å²) in [7, 11) is 0. The number of benzene rings is 1. The lowest BCUT2D eigenvalue weighted by atomic mass is 10.2.